The van der Waals surface area contributed by atoms with Crippen molar-refractivity contribution in [3.05, 3.63) is 59.7 Å². The molecule has 2 aromatic rings. The Kier molecular flexibility index (Phi) is 6.06. The summed E-state index contributed by atoms with van der Waals surface area (Å²) in [5, 5.41) is 0. The number of carbonyl (C=O) groups is 1. The van der Waals surface area contributed by atoms with Crippen molar-refractivity contribution < 1.29 is 21.6 Å². The van der Waals surface area contributed by atoms with Gasteiger partial charge in [-0.2, -0.15) is 4.31 Å². The van der Waals surface area contributed by atoms with E-state index in [1.54, 1.807) is 47.4 Å². The van der Waals surface area contributed by atoms with Crippen LogP contribution in [-0.2, 0) is 24.8 Å². The van der Waals surface area contributed by atoms with Gasteiger partial charge in [0.2, 0.25) is 15.9 Å². The summed E-state index contributed by atoms with van der Waals surface area (Å²) in [7, 11) is -7.30. The van der Waals surface area contributed by atoms with Crippen molar-refractivity contribution in [1.29, 1.82) is 0 Å². The highest BCUT2D eigenvalue weighted by atomic mass is 32.2. The topological polar surface area (TPSA) is 116 Å². The predicted molar refractivity (Wildman–Crippen MR) is 119 cm³/mol. The molecular formula is C21H24N4O5S2. The second-order valence-electron chi connectivity index (χ2n) is 7.72. The molecule has 0 radical (unpaired) electrons. The number of hydrogen-bond acceptors (Lipinski definition) is 6. The average molecular weight is 477 g/mol. The van der Waals surface area contributed by atoms with Gasteiger partial charge < -0.3 is 4.90 Å². The van der Waals surface area contributed by atoms with Crippen LogP contribution in [0, 0.1) is 6.92 Å². The predicted octanol–water partition coefficient (Wildman–Crippen LogP) is 0.957. The summed E-state index contributed by atoms with van der Waals surface area (Å²) in [5.41, 5.74) is 1.41. The number of rotatable bonds is 4. The normalized spacial score (nSPS) is 19.9. The molecule has 0 bridgehead atoms. The Bertz CT molecular complexity index is 1270. The lowest BCUT2D eigenvalue weighted by Gasteiger charge is -2.21. The summed E-state index contributed by atoms with van der Waals surface area (Å²) < 4.78 is 54.0. The lowest BCUT2D eigenvalue weighted by molar-refractivity contribution is -0.129. The van der Waals surface area contributed by atoms with E-state index in [1.165, 1.54) is 10.4 Å². The molecule has 1 saturated heterocycles. The van der Waals surface area contributed by atoms with Gasteiger partial charge in [0.1, 0.15) is 12.4 Å². The van der Waals surface area contributed by atoms with E-state index in [4.69, 9.17) is 0 Å². The molecule has 1 fully saturated rings. The second-order valence-corrected chi connectivity index (χ2v) is 11.3. The molecule has 0 aliphatic carbocycles. The molecule has 9 nitrogen and oxygen atoms in total. The summed E-state index contributed by atoms with van der Waals surface area (Å²) in [4.78, 5) is 18.9. The number of carbonyl (C=O) groups excluding carboxylic acids is 1. The van der Waals surface area contributed by atoms with Gasteiger partial charge in [-0.3, -0.25) is 14.5 Å². The van der Waals surface area contributed by atoms with Gasteiger partial charge in [0.25, 0.3) is 10.0 Å². The van der Waals surface area contributed by atoms with Crippen LogP contribution < -0.4 is 4.72 Å². The molecule has 2 aliphatic heterocycles. The molecule has 0 spiro atoms. The standard InChI is InChI=1S/C21H24N4O5S2/c1-16-7-9-17(10-8-16)32(29,30)25-12-4-11-24(13-14-25)20(26)15-22-21-18-5-2-3-6-19(18)31(27,28)23-21/h2-3,5-10H,4,11-15H2,1H3,(H,22,23). The van der Waals surface area contributed by atoms with E-state index >= 15 is 0 Å². The number of sulfonamides is 2. The van der Waals surface area contributed by atoms with Crippen molar-refractivity contribution in [2.75, 3.05) is 32.7 Å². The molecule has 2 aliphatic rings. The van der Waals surface area contributed by atoms with Gasteiger partial charge in [0, 0.05) is 31.7 Å². The first kappa shape index (κ1) is 22.4. The van der Waals surface area contributed by atoms with Gasteiger partial charge in [-0.05, 0) is 37.6 Å². The third-order valence-electron chi connectivity index (χ3n) is 5.50. The van der Waals surface area contributed by atoms with E-state index in [2.05, 4.69) is 9.71 Å². The minimum atomic E-state index is -3.67. The third-order valence-corrected chi connectivity index (χ3v) is 8.81. The van der Waals surface area contributed by atoms with Gasteiger partial charge in [0.05, 0.1) is 9.79 Å². The van der Waals surface area contributed by atoms with Gasteiger partial charge in [-0.15, -0.1) is 0 Å². The van der Waals surface area contributed by atoms with Crippen molar-refractivity contribution in [1.82, 2.24) is 13.9 Å². The lowest BCUT2D eigenvalue weighted by atomic mass is 10.2. The van der Waals surface area contributed by atoms with Gasteiger partial charge >= 0.3 is 0 Å². The van der Waals surface area contributed by atoms with Crippen LogP contribution in [-0.4, -0.2) is 70.5 Å². The molecule has 32 heavy (non-hydrogen) atoms. The molecular weight excluding hydrogens is 452 g/mol. The van der Waals surface area contributed by atoms with Crippen molar-refractivity contribution in [2.24, 2.45) is 4.99 Å². The van der Waals surface area contributed by atoms with Crippen LogP contribution in [0.4, 0.5) is 0 Å². The molecule has 170 valence electrons. The largest absolute Gasteiger partial charge is 0.340 e. The maximum Gasteiger partial charge on any atom is 0.263 e. The molecule has 0 saturated carbocycles. The van der Waals surface area contributed by atoms with E-state index in [1.807, 2.05) is 6.92 Å². The first-order valence-electron chi connectivity index (χ1n) is 10.2. The van der Waals surface area contributed by atoms with Gasteiger partial charge in [0.15, 0.2) is 0 Å². The van der Waals surface area contributed by atoms with Crippen LogP contribution in [0.15, 0.2) is 63.3 Å². The van der Waals surface area contributed by atoms with Crippen LogP contribution in [0.25, 0.3) is 0 Å². The smallest absolute Gasteiger partial charge is 0.263 e. The molecule has 11 heteroatoms. The van der Waals surface area contributed by atoms with E-state index in [0.29, 0.717) is 25.1 Å². The number of hydrogen-bond donors (Lipinski definition) is 1. The molecule has 2 heterocycles. The summed E-state index contributed by atoms with van der Waals surface area (Å²) in [6.07, 6.45) is 0.503. The quantitative estimate of drug-likeness (QED) is 0.706. The van der Waals surface area contributed by atoms with Gasteiger partial charge in [-0.25, -0.2) is 16.8 Å². The Hall–Kier alpha value is -2.76. The van der Waals surface area contributed by atoms with Crippen LogP contribution in [0.1, 0.15) is 17.5 Å². The fraction of sp³-hybridized carbons (Fsp3) is 0.333. The van der Waals surface area contributed by atoms with E-state index in [-0.39, 0.29) is 41.2 Å². The maximum atomic E-state index is 12.9. The third kappa shape index (κ3) is 4.41. The van der Waals surface area contributed by atoms with Crippen molar-refractivity contribution in [3.63, 3.8) is 0 Å². The van der Waals surface area contributed by atoms with E-state index < -0.39 is 20.0 Å². The number of aryl methyl sites for hydroxylation is 1. The molecule has 1 amide bonds. The zero-order valence-corrected chi connectivity index (χ0v) is 19.2. The van der Waals surface area contributed by atoms with Crippen LogP contribution in [0.5, 0.6) is 0 Å². The molecule has 1 N–H and O–H groups in total. The number of amidine groups is 1. The molecule has 0 atom stereocenters. The summed E-state index contributed by atoms with van der Waals surface area (Å²) in [6.45, 7) is 2.83. The Balaban J connectivity index is 1.42. The Morgan fingerprint density at radius 2 is 1.75 bits per heavy atom. The Labute approximate surface area is 187 Å². The molecule has 0 unspecified atom stereocenters. The average Bonchev–Trinajstić information content (AvgIpc) is 2.91. The highest BCUT2D eigenvalue weighted by molar-refractivity contribution is 7.90. The van der Waals surface area contributed by atoms with E-state index in [9.17, 15) is 21.6 Å². The highest BCUT2D eigenvalue weighted by Crippen LogP contribution is 2.22. The number of benzene rings is 2. The zero-order chi connectivity index (χ0) is 22.9. The summed E-state index contributed by atoms with van der Waals surface area (Å²) >= 11 is 0. The molecule has 0 aromatic heterocycles. The van der Waals surface area contributed by atoms with Crippen molar-refractivity contribution in [3.8, 4) is 0 Å². The second kappa shape index (κ2) is 8.64. The van der Waals surface area contributed by atoms with E-state index in [0.717, 1.165) is 5.56 Å². The maximum absolute atomic E-state index is 12.9. The fourth-order valence-electron chi connectivity index (χ4n) is 3.74. The van der Waals surface area contributed by atoms with Gasteiger partial charge in [-0.1, -0.05) is 29.8 Å². The zero-order valence-electron chi connectivity index (χ0n) is 17.6. The fourth-order valence-corrected chi connectivity index (χ4v) is 6.46. The lowest BCUT2D eigenvalue weighted by Crippen LogP contribution is -2.38. The van der Waals surface area contributed by atoms with Crippen molar-refractivity contribution in [2.45, 2.75) is 23.1 Å². The monoisotopic (exact) mass is 476 g/mol. The first-order valence-corrected chi connectivity index (χ1v) is 13.1. The van der Waals surface area contributed by atoms with Crippen LogP contribution in [0.2, 0.25) is 0 Å². The number of nitrogens with one attached hydrogen (secondary N) is 1. The summed E-state index contributed by atoms with van der Waals surface area (Å²) in [6, 6.07) is 13.2. The summed E-state index contributed by atoms with van der Waals surface area (Å²) in [5.74, 6) is -0.136. The Morgan fingerprint density at radius 1 is 1.03 bits per heavy atom. The van der Waals surface area contributed by atoms with Crippen molar-refractivity contribution >= 4 is 31.8 Å². The number of fused-ring (bicyclic) bond motifs is 1. The molecule has 2 aromatic carbocycles. The minimum Gasteiger partial charge on any atom is -0.340 e. The highest BCUT2D eigenvalue weighted by Gasteiger charge is 2.31. The minimum absolute atomic E-state index is 0.137. The van der Waals surface area contributed by atoms with Crippen LogP contribution >= 0.6 is 0 Å². The molecule has 4 rings (SSSR count). The first-order chi connectivity index (χ1) is 15.2. The SMILES string of the molecule is Cc1ccc(S(=O)(=O)N2CCCN(C(=O)CN=C3NS(=O)(=O)c4ccccc43)CC2)cc1. The number of aliphatic imine (C=N–C) groups is 1. The number of nitrogens with zero attached hydrogens (tertiary/aromatic N) is 3. The van der Waals surface area contributed by atoms with Crippen LogP contribution in [0.3, 0.4) is 0 Å². The Morgan fingerprint density at radius 3 is 2.50 bits per heavy atom. The number of amides is 1.